The Morgan fingerprint density at radius 2 is 2.21 bits per heavy atom. The summed E-state index contributed by atoms with van der Waals surface area (Å²) in [5.41, 5.74) is 6.20. The lowest BCUT2D eigenvalue weighted by Gasteiger charge is -2.33. The molecule has 2 N–H and O–H groups in total. The molecule has 0 spiro atoms. The van der Waals surface area contributed by atoms with Crippen molar-refractivity contribution in [2.45, 2.75) is 58.2 Å². The Morgan fingerprint density at radius 1 is 1.47 bits per heavy atom. The summed E-state index contributed by atoms with van der Waals surface area (Å²) < 4.78 is 1.58. The van der Waals surface area contributed by atoms with Gasteiger partial charge in [0.2, 0.25) is 5.91 Å². The summed E-state index contributed by atoms with van der Waals surface area (Å²) in [6.45, 7) is 3.42. The predicted octanol–water partition coefficient (Wildman–Crippen LogP) is 0.918. The Balaban J connectivity index is 1.95. The molecule has 2 rings (SSSR count). The molecule has 6 nitrogen and oxygen atoms in total. The maximum Gasteiger partial charge on any atom is 0.244 e. The molecule has 0 aliphatic heterocycles. The molecule has 1 saturated carbocycles. The van der Waals surface area contributed by atoms with Gasteiger partial charge in [-0.1, -0.05) is 24.5 Å². The van der Waals surface area contributed by atoms with Gasteiger partial charge in [0.15, 0.2) is 0 Å². The molecule has 1 fully saturated rings. The van der Waals surface area contributed by atoms with E-state index in [9.17, 15) is 4.79 Å². The minimum absolute atomic E-state index is 0.128. The smallest absolute Gasteiger partial charge is 0.244 e. The van der Waals surface area contributed by atoms with Crippen LogP contribution in [0.1, 0.15) is 44.7 Å². The van der Waals surface area contributed by atoms with E-state index in [0.717, 1.165) is 19.4 Å². The molecule has 1 heterocycles. The molecule has 0 saturated heterocycles. The molecule has 1 aromatic rings. The number of nitrogens with two attached hydrogens (primary N) is 1. The molecular formula is C13H23N5O. The number of amides is 1. The lowest BCUT2D eigenvalue weighted by atomic mass is 9.94. The minimum Gasteiger partial charge on any atom is -0.338 e. The monoisotopic (exact) mass is 265 g/mol. The Labute approximate surface area is 113 Å². The van der Waals surface area contributed by atoms with Crippen molar-refractivity contribution in [1.29, 1.82) is 0 Å². The molecular weight excluding hydrogens is 242 g/mol. The number of hydrogen-bond acceptors (Lipinski definition) is 4. The Kier molecular flexibility index (Phi) is 4.90. The first-order valence-corrected chi connectivity index (χ1v) is 7.13. The van der Waals surface area contributed by atoms with Gasteiger partial charge in [-0.2, -0.15) is 0 Å². The second-order valence-corrected chi connectivity index (χ2v) is 5.08. The van der Waals surface area contributed by atoms with Gasteiger partial charge < -0.3 is 10.6 Å². The van der Waals surface area contributed by atoms with Crippen molar-refractivity contribution in [3.63, 3.8) is 0 Å². The van der Waals surface area contributed by atoms with Crippen LogP contribution in [-0.4, -0.2) is 38.4 Å². The quantitative estimate of drug-likeness (QED) is 0.858. The first kappa shape index (κ1) is 14.0. The molecule has 1 aromatic heterocycles. The summed E-state index contributed by atoms with van der Waals surface area (Å²) in [6.07, 6.45) is 7.76. The molecule has 0 unspecified atom stereocenters. The van der Waals surface area contributed by atoms with Crippen LogP contribution in [-0.2, 0) is 17.9 Å². The van der Waals surface area contributed by atoms with Crippen LogP contribution in [0.15, 0.2) is 6.20 Å². The van der Waals surface area contributed by atoms with Gasteiger partial charge in [-0.05, 0) is 19.8 Å². The third-order valence-corrected chi connectivity index (χ3v) is 3.77. The molecule has 6 heteroatoms. The van der Waals surface area contributed by atoms with E-state index in [1.807, 2.05) is 11.8 Å². The molecule has 0 atom stereocenters. The molecule has 1 aliphatic carbocycles. The fourth-order valence-corrected chi connectivity index (χ4v) is 2.77. The Morgan fingerprint density at radius 3 is 2.79 bits per heavy atom. The van der Waals surface area contributed by atoms with Crippen LogP contribution >= 0.6 is 0 Å². The van der Waals surface area contributed by atoms with Crippen LogP contribution in [0.2, 0.25) is 0 Å². The summed E-state index contributed by atoms with van der Waals surface area (Å²) in [7, 11) is 0. The Hall–Kier alpha value is -1.43. The first-order chi connectivity index (χ1) is 9.24. The van der Waals surface area contributed by atoms with E-state index in [1.165, 1.54) is 19.3 Å². The van der Waals surface area contributed by atoms with E-state index in [2.05, 4.69) is 10.3 Å². The number of aromatic nitrogens is 3. The Bertz CT molecular complexity index is 411. The molecule has 1 aliphatic rings. The summed E-state index contributed by atoms with van der Waals surface area (Å²) in [4.78, 5) is 14.3. The highest BCUT2D eigenvalue weighted by Crippen LogP contribution is 2.22. The lowest BCUT2D eigenvalue weighted by Crippen LogP contribution is -2.43. The van der Waals surface area contributed by atoms with Crippen molar-refractivity contribution < 1.29 is 4.79 Å². The zero-order chi connectivity index (χ0) is 13.7. The number of rotatable bonds is 5. The average molecular weight is 265 g/mol. The highest BCUT2D eigenvalue weighted by molar-refractivity contribution is 5.76. The molecule has 106 valence electrons. The second kappa shape index (κ2) is 6.65. The normalized spacial score (nSPS) is 16.5. The highest BCUT2D eigenvalue weighted by atomic mass is 16.2. The fourth-order valence-electron chi connectivity index (χ4n) is 2.77. The van der Waals surface area contributed by atoms with E-state index >= 15 is 0 Å². The molecule has 1 amide bonds. The minimum atomic E-state index is 0.128. The van der Waals surface area contributed by atoms with E-state index in [4.69, 9.17) is 5.73 Å². The van der Waals surface area contributed by atoms with Crippen LogP contribution in [0, 0.1) is 0 Å². The summed E-state index contributed by atoms with van der Waals surface area (Å²) in [6, 6.07) is 0.406. The van der Waals surface area contributed by atoms with Crippen molar-refractivity contribution in [2.24, 2.45) is 5.73 Å². The van der Waals surface area contributed by atoms with Crippen molar-refractivity contribution in [1.82, 2.24) is 19.9 Å². The molecule has 19 heavy (non-hydrogen) atoms. The van der Waals surface area contributed by atoms with Crippen LogP contribution in [0.3, 0.4) is 0 Å². The number of carbonyl (C=O) groups excluding carboxylic acids is 1. The third-order valence-electron chi connectivity index (χ3n) is 3.77. The van der Waals surface area contributed by atoms with Crippen molar-refractivity contribution in [3.05, 3.63) is 11.9 Å². The van der Waals surface area contributed by atoms with E-state index in [0.29, 0.717) is 18.3 Å². The van der Waals surface area contributed by atoms with E-state index in [1.54, 1.807) is 10.9 Å². The first-order valence-electron chi connectivity index (χ1n) is 7.13. The van der Waals surface area contributed by atoms with Gasteiger partial charge in [0.05, 0.1) is 11.9 Å². The van der Waals surface area contributed by atoms with Gasteiger partial charge in [-0.15, -0.1) is 5.10 Å². The predicted molar refractivity (Wildman–Crippen MR) is 72.2 cm³/mol. The number of nitrogens with zero attached hydrogens (tertiary/aromatic N) is 4. The zero-order valence-electron chi connectivity index (χ0n) is 11.6. The highest BCUT2D eigenvalue weighted by Gasteiger charge is 2.24. The van der Waals surface area contributed by atoms with E-state index < -0.39 is 0 Å². The maximum atomic E-state index is 12.3. The summed E-state index contributed by atoms with van der Waals surface area (Å²) in [5, 5.41) is 7.83. The van der Waals surface area contributed by atoms with Gasteiger partial charge in [0.1, 0.15) is 6.54 Å². The van der Waals surface area contributed by atoms with Gasteiger partial charge in [-0.3, -0.25) is 4.79 Å². The summed E-state index contributed by atoms with van der Waals surface area (Å²) >= 11 is 0. The third kappa shape index (κ3) is 3.53. The zero-order valence-corrected chi connectivity index (χ0v) is 11.6. The largest absolute Gasteiger partial charge is 0.338 e. The van der Waals surface area contributed by atoms with Crippen LogP contribution < -0.4 is 5.73 Å². The van der Waals surface area contributed by atoms with Crippen LogP contribution in [0.5, 0.6) is 0 Å². The molecule has 0 bridgehead atoms. The second-order valence-electron chi connectivity index (χ2n) is 5.08. The van der Waals surface area contributed by atoms with Crippen LogP contribution in [0.25, 0.3) is 0 Å². The number of likely N-dealkylation sites (N-methyl/N-ethyl adjacent to an activating group) is 1. The van der Waals surface area contributed by atoms with E-state index in [-0.39, 0.29) is 12.5 Å². The maximum absolute atomic E-state index is 12.3. The topological polar surface area (TPSA) is 77.0 Å². The van der Waals surface area contributed by atoms with Crippen LogP contribution in [0.4, 0.5) is 0 Å². The number of carbonyl (C=O) groups is 1. The fraction of sp³-hybridized carbons (Fsp3) is 0.769. The lowest BCUT2D eigenvalue weighted by molar-refractivity contribution is -0.134. The van der Waals surface area contributed by atoms with Gasteiger partial charge in [-0.25, -0.2) is 4.68 Å². The van der Waals surface area contributed by atoms with Crippen molar-refractivity contribution in [3.8, 4) is 0 Å². The van der Waals surface area contributed by atoms with Crippen molar-refractivity contribution >= 4 is 5.91 Å². The standard InChI is InChI=1S/C13H23N5O/c1-2-18(12-6-4-3-5-7-12)13(19)10-17-9-11(8-14)15-16-17/h9,12H,2-8,10,14H2,1H3. The number of hydrogen-bond donors (Lipinski definition) is 1. The van der Waals surface area contributed by atoms with Gasteiger partial charge in [0, 0.05) is 19.1 Å². The SMILES string of the molecule is CCN(C(=O)Cn1cc(CN)nn1)C1CCCCC1. The van der Waals surface area contributed by atoms with Crippen molar-refractivity contribution in [2.75, 3.05) is 6.54 Å². The summed E-state index contributed by atoms with van der Waals surface area (Å²) in [5.74, 6) is 0.128. The molecule has 0 aromatic carbocycles. The van der Waals surface area contributed by atoms with Gasteiger partial charge >= 0.3 is 0 Å². The average Bonchev–Trinajstić information content (AvgIpc) is 2.88. The molecule has 0 radical (unpaired) electrons. The van der Waals surface area contributed by atoms with Gasteiger partial charge in [0.25, 0.3) is 0 Å².